The second-order valence-electron chi connectivity index (χ2n) is 2.01. The zero-order valence-corrected chi connectivity index (χ0v) is 7.48. The van der Waals surface area contributed by atoms with Crippen LogP contribution in [0, 0.1) is 0 Å². The van der Waals surface area contributed by atoms with Crippen molar-refractivity contribution in [3.05, 3.63) is 12.2 Å². The van der Waals surface area contributed by atoms with Crippen molar-refractivity contribution in [1.29, 1.82) is 0 Å². The highest BCUT2D eigenvalue weighted by Crippen LogP contribution is 2.34. The molecule has 1 nitrogen and oxygen atoms in total. The van der Waals surface area contributed by atoms with E-state index in [1.54, 1.807) is 0 Å². The SMILES string of the molecule is CC=CCC(C)[PH](=O)Cl. The van der Waals surface area contributed by atoms with Crippen LogP contribution in [0.5, 0.6) is 0 Å². The third kappa shape index (κ3) is 4.74. The van der Waals surface area contributed by atoms with Crippen molar-refractivity contribution in [3.63, 3.8) is 0 Å². The fourth-order valence-electron chi connectivity index (χ4n) is 0.433. The quantitative estimate of drug-likeness (QED) is 0.465. The minimum atomic E-state index is -1.81. The van der Waals surface area contributed by atoms with Gasteiger partial charge in [0, 0.05) is 5.66 Å². The average Bonchev–Trinajstić information content (AvgIpc) is 1.82. The van der Waals surface area contributed by atoms with Crippen molar-refractivity contribution in [3.8, 4) is 0 Å². The van der Waals surface area contributed by atoms with E-state index in [1.165, 1.54) is 0 Å². The van der Waals surface area contributed by atoms with E-state index in [-0.39, 0.29) is 5.66 Å². The summed E-state index contributed by atoms with van der Waals surface area (Å²) in [7, 11) is -1.81. The summed E-state index contributed by atoms with van der Waals surface area (Å²) < 4.78 is 10.6. The van der Waals surface area contributed by atoms with Crippen LogP contribution >= 0.6 is 18.4 Å². The number of hydrogen-bond donors (Lipinski definition) is 0. The molecule has 0 aromatic carbocycles. The Hall–Kier alpha value is 0.260. The number of allylic oxidation sites excluding steroid dienone is 2. The van der Waals surface area contributed by atoms with Gasteiger partial charge in [0.25, 0.3) is 0 Å². The Morgan fingerprint density at radius 1 is 1.78 bits per heavy atom. The zero-order valence-electron chi connectivity index (χ0n) is 5.73. The van der Waals surface area contributed by atoms with Gasteiger partial charge in [0.1, 0.15) is 0 Å². The zero-order chi connectivity index (χ0) is 7.28. The lowest BCUT2D eigenvalue weighted by Gasteiger charge is -1.99. The van der Waals surface area contributed by atoms with Gasteiger partial charge in [-0.3, -0.25) is 0 Å². The summed E-state index contributed by atoms with van der Waals surface area (Å²) in [4.78, 5) is 0. The summed E-state index contributed by atoms with van der Waals surface area (Å²) in [6.07, 6.45) is 4.76. The van der Waals surface area contributed by atoms with Crippen molar-refractivity contribution in [2.75, 3.05) is 0 Å². The average molecular weight is 167 g/mol. The molecular weight excluding hydrogens is 154 g/mol. The van der Waals surface area contributed by atoms with Crippen LogP contribution in [0.1, 0.15) is 20.3 Å². The van der Waals surface area contributed by atoms with E-state index in [4.69, 9.17) is 11.2 Å². The first-order valence-corrected chi connectivity index (χ1v) is 5.48. The molecule has 0 bridgehead atoms. The first-order valence-electron chi connectivity index (χ1n) is 2.99. The second kappa shape index (κ2) is 5.08. The van der Waals surface area contributed by atoms with Crippen molar-refractivity contribution in [1.82, 2.24) is 0 Å². The van der Waals surface area contributed by atoms with Crippen LogP contribution in [-0.4, -0.2) is 5.66 Å². The summed E-state index contributed by atoms with van der Waals surface area (Å²) in [5.74, 6) is 0. The Morgan fingerprint density at radius 2 is 2.33 bits per heavy atom. The molecule has 0 N–H and O–H groups in total. The van der Waals surface area contributed by atoms with E-state index < -0.39 is 7.15 Å². The van der Waals surface area contributed by atoms with Crippen molar-refractivity contribution < 1.29 is 4.57 Å². The Morgan fingerprint density at radius 3 is 2.67 bits per heavy atom. The Kier molecular flexibility index (Phi) is 5.22. The maximum absolute atomic E-state index is 10.6. The fraction of sp³-hybridized carbons (Fsp3) is 0.667. The van der Waals surface area contributed by atoms with Crippen LogP contribution in [0.2, 0.25) is 0 Å². The first-order chi connectivity index (χ1) is 4.18. The molecule has 0 aliphatic carbocycles. The molecule has 2 unspecified atom stereocenters. The fourth-order valence-corrected chi connectivity index (χ4v) is 1.02. The predicted octanol–water partition coefficient (Wildman–Crippen LogP) is 3.05. The minimum absolute atomic E-state index is 0.146. The molecule has 0 radical (unpaired) electrons. The molecule has 0 rings (SSSR count). The lowest BCUT2D eigenvalue weighted by molar-refractivity contribution is 0.589. The molecule has 9 heavy (non-hydrogen) atoms. The summed E-state index contributed by atoms with van der Waals surface area (Å²) in [6.45, 7) is 3.84. The molecule has 0 fully saturated rings. The van der Waals surface area contributed by atoms with E-state index in [2.05, 4.69) is 0 Å². The van der Waals surface area contributed by atoms with Gasteiger partial charge in [0.2, 0.25) is 0 Å². The van der Waals surface area contributed by atoms with Crippen LogP contribution in [0.15, 0.2) is 12.2 Å². The molecule has 3 heteroatoms. The maximum Gasteiger partial charge on any atom is 0.161 e. The number of halogens is 1. The van der Waals surface area contributed by atoms with E-state index in [0.717, 1.165) is 6.42 Å². The van der Waals surface area contributed by atoms with E-state index >= 15 is 0 Å². The van der Waals surface area contributed by atoms with Gasteiger partial charge < -0.3 is 4.57 Å². The lowest BCUT2D eigenvalue weighted by atomic mass is 10.3. The van der Waals surface area contributed by atoms with Crippen molar-refractivity contribution >= 4 is 18.4 Å². The van der Waals surface area contributed by atoms with Crippen LogP contribution in [0.4, 0.5) is 0 Å². The molecule has 0 aromatic heterocycles. The lowest BCUT2D eigenvalue weighted by Crippen LogP contribution is -1.88. The molecule has 0 spiro atoms. The topological polar surface area (TPSA) is 17.1 Å². The van der Waals surface area contributed by atoms with Gasteiger partial charge >= 0.3 is 0 Å². The molecule has 0 aliphatic heterocycles. The third-order valence-electron chi connectivity index (χ3n) is 1.11. The van der Waals surface area contributed by atoms with Gasteiger partial charge in [0.15, 0.2) is 7.15 Å². The summed E-state index contributed by atoms with van der Waals surface area (Å²) in [5.41, 5.74) is 0.146. The highest BCUT2D eigenvalue weighted by molar-refractivity contribution is 7.74. The molecule has 2 atom stereocenters. The van der Waals surface area contributed by atoms with Crippen molar-refractivity contribution in [2.45, 2.75) is 25.9 Å². The molecule has 0 saturated heterocycles. The monoisotopic (exact) mass is 166 g/mol. The molecule has 0 heterocycles. The Labute approximate surface area is 61.7 Å². The minimum Gasteiger partial charge on any atom is -0.310 e. The smallest absolute Gasteiger partial charge is 0.161 e. The third-order valence-corrected chi connectivity index (χ3v) is 3.24. The molecule has 0 aromatic rings. The summed E-state index contributed by atoms with van der Waals surface area (Å²) >= 11 is 5.38. The first kappa shape index (κ1) is 9.26. The van der Waals surface area contributed by atoms with Crippen LogP contribution < -0.4 is 0 Å². The Balaban J connectivity index is 3.50. The van der Waals surface area contributed by atoms with E-state index in [9.17, 15) is 4.57 Å². The maximum atomic E-state index is 10.6. The van der Waals surface area contributed by atoms with Crippen LogP contribution in [0.3, 0.4) is 0 Å². The number of hydrogen-bond acceptors (Lipinski definition) is 1. The van der Waals surface area contributed by atoms with Gasteiger partial charge in [-0.2, -0.15) is 0 Å². The van der Waals surface area contributed by atoms with Crippen molar-refractivity contribution in [2.24, 2.45) is 0 Å². The van der Waals surface area contributed by atoms with E-state index in [1.807, 2.05) is 26.0 Å². The summed E-state index contributed by atoms with van der Waals surface area (Å²) in [6, 6.07) is 0. The van der Waals surface area contributed by atoms with Gasteiger partial charge in [0.05, 0.1) is 0 Å². The standard InChI is InChI=1S/C6H12ClOP/c1-3-4-5-6(2)9(7)8/h3-4,6,9H,5H2,1-2H3. The Bertz CT molecular complexity index is 122. The van der Waals surface area contributed by atoms with Gasteiger partial charge in [-0.15, -0.1) is 0 Å². The summed E-state index contributed by atoms with van der Waals surface area (Å²) in [5, 5.41) is 0. The normalized spacial score (nSPS) is 18.1. The highest BCUT2D eigenvalue weighted by Gasteiger charge is 2.03. The predicted molar refractivity (Wildman–Crippen MR) is 43.7 cm³/mol. The molecule has 0 saturated carbocycles. The molecule has 0 aliphatic rings. The highest BCUT2D eigenvalue weighted by atomic mass is 35.7. The second-order valence-corrected chi connectivity index (χ2v) is 4.72. The van der Waals surface area contributed by atoms with Gasteiger partial charge in [-0.25, -0.2) is 0 Å². The van der Waals surface area contributed by atoms with Gasteiger partial charge in [-0.05, 0) is 13.3 Å². The number of rotatable bonds is 3. The largest absolute Gasteiger partial charge is 0.310 e. The molecular formula is C6H12ClOP. The molecule has 54 valence electrons. The van der Waals surface area contributed by atoms with E-state index in [0.29, 0.717) is 0 Å². The molecule has 0 amide bonds. The van der Waals surface area contributed by atoms with Crippen LogP contribution in [0.25, 0.3) is 0 Å². The van der Waals surface area contributed by atoms with Crippen LogP contribution in [-0.2, 0) is 4.57 Å². The van der Waals surface area contributed by atoms with Gasteiger partial charge in [-0.1, -0.05) is 30.3 Å².